The van der Waals surface area contributed by atoms with Crippen molar-refractivity contribution in [2.24, 2.45) is 0 Å². The van der Waals surface area contributed by atoms with E-state index in [9.17, 15) is 0 Å². The number of nitrogen functional groups attached to an aromatic ring is 1. The van der Waals surface area contributed by atoms with Gasteiger partial charge in [-0.05, 0) is 12.8 Å². The van der Waals surface area contributed by atoms with Gasteiger partial charge in [0, 0.05) is 25.2 Å². The van der Waals surface area contributed by atoms with Gasteiger partial charge in [0.25, 0.3) is 0 Å². The van der Waals surface area contributed by atoms with Crippen molar-refractivity contribution in [1.82, 2.24) is 9.78 Å². The van der Waals surface area contributed by atoms with Crippen LogP contribution >= 0.6 is 0 Å². The number of aromatic nitrogens is 2. The fraction of sp³-hybridized carbons (Fsp3) is 0.727. The predicted molar refractivity (Wildman–Crippen MR) is 59.1 cm³/mol. The smallest absolute Gasteiger partial charge is 0.149 e. The second-order valence-electron chi connectivity index (χ2n) is 4.40. The van der Waals surface area contributed by atoms with Crippen LogP contribution in [-0.2, 0) is 22.5 Å². The molecule has 2 aliphatic heterocycles. The number of rotatable bonds is 1. The molecule has 0 aromatic carbocycles. The Hall–Kier alpha value is -1.07. The summed E-state index contributed by atoms with van der Waals surface area (Å²) in [5.41, 5.74) is 8.32. The third-order valence-corrected chi connectivity index (χ3v) is 3.42. The lowest BCUT2D eigenvalue weighted by Gasteiger charge is -2.25. The lowest BCUT2D eigenvalue weighted by molar-refractivity contribution is 0.0589. The summed E-state index contributed by atoms with van der Waals surface area (Å²) in [7, 11) is 0. The van der Waals surface area contributed by atoms with E-state index in [1.165, 1.54) is 11.3 Å². The summed E-state index contributed by atoms with van der Waals surface area (Å²) in [6.45, 7) is 3.05. The molecule has 1 aromatic heterocycles. The van der Waals surface area contributed by atoms with E-state index in [-0.39, 0.29) is 0 Å². The molecule has 5 nitrogen and oxygen atoms in total. The van der Waals surface area contributed by atoms with Crippen molar-refractivity contribution in [3.63, 3.8) is 0 Å². The summed E-state index contributed by atoms with van der Waals surface area (Å²) in [6, 6.07) is 0.432. The predicted octanol–water partition coefficient (Wildman–Crippen LogP) is 0.889. The second-order valence-corrected chi connectivity index (χ2v) is 4.40. The average Bonchev–Trinajstić information content (AvgIpc) is 2.69. The molecule has 2 N–H and O–H groups in total. The van der Waals surface area contributed by atoms with Gasteiger partial charge in [-0.1, -0.05) is 0 Å². The highest BCUT2D eigenvalue weighted by Crippen LogP contribution is 2.29. The van der Waals surface area contributed by atoms with Gasteiger partial charge in [0.1, 0.15) is 5.82 Å². The van der Waals surface area contributed by atoms with Crippen molar-refractivity contribution < 1.29 is 9.47 Å². The zero-order valence-corrected chi connectivity index (χ0v) is 9.32. The Morgan fingerprint density at radius 3 is 2.81 bits per heavy atom. The molecule has 0 unspecified atom stereocenters. The molecule has 88 valence electrons. The first-order valence-corrected chi connectivity index (χ1v) is 5.87. The molecule has 0 saturated carbocycles. The lowest BCUT2D eigenvalue weighted by atomic mass is 10.1. The molecule has 0 bridgehead atoms. The van der Waals surface area contributed by atoms with Gasteiger partial charge in [-0.15, -0.1) is 0 Å². The molecule has 0 aliphatic carbocycles. The van der Waals surface area contributed by atoms with Crippen LogP contribution in [0.2, 0.25) is 0 Å². The molecule has 3 heterocycles. The Balaban J connectivity index is 1.93. The summed E-state index contributed by atoms with van der Waals surface area (Å²) in [4.78, 5) is 0. The van der Waals surface area contributed by atoms with Gasteiger partial charge in [-0.2, -0.15) is 5.10 Å². The van der Waals surface area contributed by atoms with E-state index >= 15 is 0 Å². The monoisotopic (exact) mass is 223 g/mol. The second kappa shape index (κ2) is 4.07. The molecule has 16 heavy (non-hydrogen) atoms. The molecule has 1 saturated heterocycles. The number of fused-ring (bicyclic) bond motifs is 1. The summed E-state index contributed by atoms with van der Waals surface area (Å²) >= 11 is 0. The van der Waals surface area contributed by atoms with Crippen LogP contribution in [0, 0.1) is 0 Å². The van der Waals surface area contributed by atoms with Crippen molar-refractivity contribution in [1.29, 1.82) is 0 Å². The van der Waals surface area contributed by atoms with Gasteiger partial charge in [-0.25, -0.2) is 0 Å². The van der Waals surface area contributed by atoms with Gasteiger partial charge in [0.15, 0.2) is 0 Å². The largest absolute Gasteiger partial charge is 0.382 e. The van der Waals surface area contributed by atoms with Crippen LogP contribution in [0.3, 0.4) is 0 Å². The minimum absolute atomic E-state index is 0.432. The molecule has 0 amide bonds. The van der Waals surface area contributed by atoms with E-state index in [1.54, 1.807) is 0 Å². The molecular formula is C11H17N3O2. The van der Waals surface area contributed by atoms with E-state index in [2.05, 4.69) is 9.78 Å². The molecule has 5 heteroatoms. The maximum absolute atomic E-state index is 5.95. The van der Waals surface area contributed by atoms with Crippen LogP contribution < -0.4 is 5.73 Å². The molecule has 2 aliphatic rings. The van der Waals surface area contributed by atoms with Crippen LogP contribution in [0.4, 0.5) is 5.82 Å². The Bertz CT molecular complexity index is 383. The summed E-state index contributed by atoms with van der Waals surface area (Å²) < 4.78 is 12.9. The highest BCUT2D eigenvalue weighted by Gasteiger charge is 2.25. The first-order chi connectivity index (χ1) is 7.86. The van der Waals surface area contributed by atoms with Gasteiger partial charge < -0.3 is 15.2 Å². The minimum Gasteiger partial charge on any atom is -0.382 e. The number of ether oxygens (including phenoxy) is 2. The molecule has 1 fully saturated rings. The zero-order valence-electron chi connectivity index (χ0n) is 9.32. The van der Waals surface area contributed by atoms with E-state index < -0.39 is 0 Å². The van der Waals surface area contributed by atoms with Crippen LogP contribution in [0.25, 0.3) is 0 Å². The van der Waals surface area contributed by atoms with Crippen molar-refractivity contribution >= 4 is 5.82 Å². The maximum atomic E-state index is 5.95. The highest BCUT2D eigenvalue weighted by molar-refractivity contribution is 5.43. The van der Waals surface area contributed by atoms with Crippen LogP contribution in [0.1, 0.15) is 30.1 Å². The standard InChI is InChI=1S/C11H17N3O2/c12-11-9-3-6-16-7-10(9)14(13-11)8-1-4-15-5-2-8/h8H,1-7H2,(H2,12,13). The fourth-order valence-corrected chi connectivity index (χ4v) is 2.52. The van der Waals surface area contributed by atoms with Crippen molar-refractivity contribution in [2.45, 2.75) is 31.9 Å². The Labute approximate surface area is 94.5 Å². The first-order valence-electron chi connectivity index (χ1n) is 5.87. The highest BCUT2D eigenvalue weighted by atomic mass is 16.5. The number of hydrogen-bond donors (Lipinski definition) is 1. The van der Waals surface area contributed by atoms with E-state index in [4.69, 9.17) is 15.2 Å². The number of hydrogen-bond acceptors (Lipinski definition) is 4. The van der Waals surface area contributed by atoms with Gasteiger partial charge in [-0.3, -0.25) is 4.68 Å². The topological polar surface area (TPSA) is 62.3 Å². The quantitative estimate of drug-likeness (QED) is 0.768. The summed E-state index contributed by atoms with van der Waals surface area (Å²) in [5, 5.41) is 4.47. The van der Waals surface area contributed by atoms with Crippen LogP contribution in [0.15, 0.2) is 0 Å². The van der Waals surface area contributed by atoms with Crippen LogP contribution in [0.5, 0.6) is 0 Å². The molecule has 0 atom stereocenters. The summed E-state index contributed by atoms with van der Waals surface area (Å²) in [6.07, 6.45) is 2.94. The van der Waals surface area contributed by atoms with Crippen molar-refractivity contribution in [3.05, 3.63) is 11.3 Å². The fourth-order valence-electron chi connectivity index (χ4n) is 2.52. The average molecular weight is 223 g/mol. The Kier molecular flexibility index (Phi) is 2.57. The third kappa shape index (κ3) is 1.60. The van der Waals surface area contributed by atoms with Crippen molar-refractivity contribution in [3.8, 4) is 0 Å². The maximum Gasteiger partial charge on any atom is 0.149 e. The lowest BCUT2D eigenvalue weighted by Crippen LogP contribution is -2.23. The summed E-state index contributed by atoms with van der Waals surface area (Å²) in [5.74, 6) is 0.685. The van der Waals surface area contributed by atoms with Crippen LogP contribution in [-0.4, -0.2) is 29.6 Å². The molecule has 0 spiro atoms. The third-order valence-electron chi connectivity index (χ3n) is 3.42. The van der Waals surface area contributed by atoms with Crippen molar-refractivity contribution in [2.75, 3.05) is 25.6 Å². The van der Waals surface area contributed by atoms with Gasteiger partial charge in [0.05, 0.1) is 24.9 Å². The normalized spacial score (nSPS) is 22.0. The zero-order chi connectivity index (χ0) is 11.0. The SMILES string of the molecule is Nc1nn(C2CCOCC2)c2c1CCOC2. The van der Waals surface area contributed by atoms with Gasteiger partial charge >= 0.3 is 0 Å². The molecule has 0 radical (unpaired) electrons. The number of nitrogens with two attached hydrogens (primary N) is 1. The van der Waals surface area contributed by atoms with E-state index in [0.717, 1.165) is 39.1 Å². The minimum atomic E-state index is 0.432. The Morgan fingerprint density at radius 1 is 1.19 bits per heavy atom. The molecular weight excluding hydrogens is 206 g/mol. The molecule has 1 aromatic rings. The number of nitrogens with zero attached hydrogens (tertiary/aromatic N) is 2. The first kappa shape index (κ1) is 10.1. The number of anilines is 1. The van der Waals surface area contributed by atoms with E-state index in [0.29, 0.717) is 18.5 Å². The van der Waals surface area contributed by atoms with E-state index in [1.807, 2.05) is 0 Å². The Morgan fingerprint density at radius 2 is 2.00 bits per heavy atom. The van der Waals surface area contributed by atoms with Gasteiger partial charge in [0.2, 0.25) is 0 Å². The molecule has 3 rings (SSSR count).